The molecule has 5 heteroatoms. The Hall–Kier alpha value is -2.23. The van der Waals surface area contributed by atoms with Crippen LogP contribution < -0.4 is 10.1 Å². The highest BCUT2D eigenvalue weighted by Crippen LogP contribution is 2.29. The van der Waals surface area contributed by atoms with E-state index in [2.05, 4.69) is 29.6 Å². The number of halogens is 3. The van der Waals surface area contributed by atoms with E-state index in [0.717, 1.165) is 35.4 Å². The Morgan fingerprint density at radius 3 is 2.39 bits per heavy atom. The molecule has 0 aliphatic heterocycles. The zero-order chi connectivity index (χ0) is 21.6. The van der Waals surface area contributed by atoms with Crippen molar-refractivity contribution in [2.45, 2.75) is 19.6 Å². The summed E-state index contributed by atoms with van der Waals surface area (Å²) < 4.78 is 6.20. The van der Waals surface area contributed by atoms with E-state index in [1.165, 1.54) is 10.8 Å². The van der Waals surface area contributed by atoms with Gasteiger partial charge in [0, 0.05) is 32.7 Å². The zero-order valence-corrected chi connectivity index (χ0v) is 19.1. The maximum absolute atomic E-state index is 6.30. The van der Waals surface area contributed by atoms with Gasteiger partial charge in [-0.15, -0.1) is 0 Å². The molecule has 2 nitrogen and oxygen atoms in total. The molecule has 0 aromatic heterocycles. The van der Waals surface area contributed by atoms with Crippen LogP contribution in [0.5, 0.6) is 5.75 Å². The second-order valence-corrected chi connectivity index (χ2v) is 8.56. The summed E-state index contributed by atoms with van der Waals surface area (Å²) in [6.07, 6.45) is 0.816. The van der Waals surface area contributed by atoms with E-state index in [-0.39, 0.29) is 0 Å². The van der Waals surface area contributed by atoms with Crippen molar-refractivity contribution in [2.24, 2.45) is 0 Å². The number of nitrogens with one attached hydrogen (secondary N) is 1. The van der Waals surface area contributed by atoms with E-state index in [4.69, 9.17) is 39.5 Å². The number of rotatable bonds is 8. The summed E-state index contributed by atoms with van der Waals surface area (Å²) >= 11 is 18.6. The molecule has 158 valence electrons. The monoisotopic (exact) mass is 469 g/mol. The average molecular weight is 471 g/mol. The van der Waals surface area contributed by atoms with E-state index in [1.807, 2.05) is 48.5 Å². The van der Waals surface area contributed by atoms with Crippen molar-refractivity contribution in [1.29, 1.82) is 0 Å². The molecule has 4 aromatic rings. The number of benzene rings is 4. The molecule has 0 amide bonds. The first kappa shape index (κ1) is 22.0. The second kappa shape index (κ2) is 10.4. The van der Waals surface area contributed by atoms with Gasteiger partial charge < -0.3 is 10.1 Å². The average Bonchev–Trinajstić information content (AvgIpc) is 2.78. The van der Waals surface area contributed by atoms with E-state index < -0.39 is 0 Å². The fraction of sp³-hybridized carbons (Fsp3) is 0.154. The Balaban J connectivity index is 1.49. The van der Waals surface area contributed by atoms with Gasteiger partial charge >= 0.3 is 0 Å². The third-order valence-corrected chi connectivity index (χ3v) is 6.18. The van der Waals surface area contributed by atoms with Gasteiger partial charge in [0.1, 0.15) is 12.4 Å². The molecule has 1 N–H and O–H groups in total. The molecule has 0 fully saturated rings. The molecule has 0 spiro atoms. The summed E-state index contributed by atoms with van der Waals surface area (Å²) in [5.41, 5.74) is 3.17. The van der Waals surface area contributed by atoms with Gasteiger partial charge in [-0.3, -0.25) is 0 Å². The number of ether oxygens (including phenoxy) is 1. The summed E-state index contributed by atoms with van der Waals surface area (Å²) in [4.78, 5) is 0. The van der Waals surface area contributed by atoms with Crippen molar-refractivity contribution in [3.05, 3.63) is 111 Å². The van der Waals surface area contributed by atoms with E-state index in [9.17, 15) is 0 Å². The second-order valence-electron chi connectivity index (χ2n) is 7.31. The quantitative estimate of drug-likeness (QED) is 0.266. The SMILES string of the molecule is Clc1ccc(CCNCc2c(OCc3ccccc3Cl)ccc3ccccc23)c(Cl)c1. The van der Waals surface area contributed by atoms with E-state index in [0.29, 0.717) is 28.2 Å². The molecular formula is C26H22Cl3NO. The minimum absolute atomic E-state index is 0.422. The Morgan fingerprint density at radius 2 is 1.55 bits per heavy atom. The molecule has 31 heavy (non-hydrogen) atoms. The first-order valence-corrected chi connectivity index (χ1v) is 11.3. The first-order valence-electron chi connectivity index (χ1n) is 10.1. The normalized spacial score (nSPS) is 11.1. The molecule has 4 aromatic carbocycles. The highest BCUT2D eigenvalue weighted by molar-refractivity contribution is 6.35. The smallest absolute Gasteiger partial charge is 0.124 e. The Kier molecular flexibility index (Phi) is 7.37. The lowest BCUT2D eigenvalue weighted by atomic mass is 10.0. The zero-order valence-electron chi connectivity index (χ0n) is 16.9. The minimum atomic E-state index is 0.422. The maximum Gasteiger partial charge on any atom is 0.124 e. The van der Waals surface area contributed by atoms with Gasteiger partial charge in [0.2, 0.25) is 0 Å². The highest BCUT2D eigenvalue weighted by Gasteiger charge is 2.10. The Labute approximate surface area is 197 Å². The number of hydrogen-bond donors (Lipinski definition) is 1. The third kappa shape index (κ3) is 5.53. The fourth-order valence-corrected chi connectivity index (χ4v) is 4.26. The van der Waals surface area contributed by atoms with Crippen LogP contribution >= 0.6 is 34.8 Å². The topological polar surface area (TPSA) is 21.3 Å². The molecule has 0 heterocycles. The molecule has 0 saturated carbocycles. The lowest BCUT2D eigenvalue weighted by Gasteiger charge is -2.16. The third-order valence-electron chi connectivity index (χ3n) is 5.23. The van der Waals surface area contributed by atoms with Crippen LogP contribution in [0.15, 0.2) is 78.9 Å². The molecule has 0 radical (unpaired) electrons. The Bertz CT molecular complexity index is 1190. The van der Waals surface area contributed by atoms with Crippen molar-refractivity contribution >= 4 is 45.6 Å². The van der Waals surface area contributed by atoms with Crippen LogP contribution in [-0.4, -0.2) is 6.54 Å². The fourth-order valence-electron chi connectivity index (χ4n) is 3.57. The lowest BCUT2D eigenvalue weighted by molar-refractivity contribution is 0.303. The minimum Gasteiger partial charge on any atom is -0.488 e. The first-order chi connectivity index (χ1) is 15.1. The lowest BCUT2D eigenvalue weighted by Crippen LogP contribution is -2.17. The maximum atomic E-state index is 6.30. The molecule has 0 aliphatic rings. The number of fused-ring (bicyclic) bond motifs is 1. The van der Waals surface area contributed by atoms with Crippen LogP contribution in [0, 0.1) is 0 Å². The van der Waals surface area contributed by atoms with Gasteiger partial charge in [0.15, 0.2) is 0 Å². The van der Waals surface area contributed by atoms with Gasteiger partial charge in [0.05, 0.1) is 0 Å². The molecule has 0 atom stereocenters. The highest BCUT2D eigenvalue weighted by atomic mass is 35.5. The van der Waals surface area contributed by atoms with Crippen molar-refractivity contribution in [3.63, 3.8) is 0 Å². The van der Waals surface area contributed by atoms with Crippen LogP contribution in [0.1, 0.15) is 16.7 Å². The molecule has 0 aliphatic carbocycles. The summed E-state index contributed by atoms with van der Waals surface area (Å²) in [5.74, 6) is 0.857. The molecule has 0 saturated heterocycles. The van der Waals surface area contributed by atoms with Gasteiger partial charge in [-0.2, -0.15) is 0 Å². The number of hydrogen-bond acceptors (Lipinski definition) is 2. The van der Waals surface area contributed by atoms with Crippen LogP contribution in [0.4, 0.5) is 0 Å². The summed E-state index contributed by atoms with van der Waals surface area (Å²) in [6, 6.07) is 25.8. The largest absolute Gasteiger partial charge is 0.488 e. The molecule has 4 rings (SSSR count). The Morgan fingerprint density at radius 1 is 0.742 bits per heavy atom. The van der Waals surface area contributed by atoms with Crippen molar-refractivity contribution in [2.75, 3.05) is 6.54 Å². The van der Waals surface area contributed by atoms with Crippen LogP contribution in [0.25, 0.3) is 10.8 Å². The van der Waals surface area contributed by atoms with Crippen molar-refractivity contribution in [3.8, 4) is 5.75 Å². The van der Waals surface area contributed by atoms with Gasteiger partial charge in [-0.05, 0) is 53.6 Å². The molecule has 0 unspecified atom stereocenters. The summed E-state index contributed by atoms with van der Waals surface area (Å²) in [7, 11) is 0. The van der Waals surface area contributed by atoms with Crippen LogP contribution in [-0.2, 0) is 19.6 Å². The summed E-state index contributed by atoms with van der Waals surface area (Å²) in [6.45, 7) is 1.89. The summed E-state index contributed by atoms with van der Waals surface area (Å²) in [5, 5.41) is 7.96. The van der Waals surface area contributed by atoms with Crippen molar-refractivity contribution in [1.82, 2.24) is 5.32 Å². The van der Waals surface area contributed by atoms with Crippen molar-refractivity contribution < 1.29 is 4.74 Å². The van der Waals surface area contributed by atoms with Gasteiger partial charge in [-0.1, -0.05) is 89.4 Å². The van der Waals surface area contributed by atoms with Gasteiger partial charge in [-0.25, -0.2) is 0 Å². The standard InChI is InChI=1S/C26H22Cl3NO/c27-21-11-9-19(25(29)15-21)13-14-30-16-23-22-7-3-1-5-18(22)10-12-26(23)31-17-20-6-2-4-8-24(20)28/h1-12,15,30H,13-14,16-17H2. The van der Waals surface area contributed by atoms with E-state index >= 15 is 0 Å². The predicted molar refractivity (Wildman–Crippen MR) is 132 cm³/mol. The van der Waals surface area contributed by atoms with Crippen LogP contribution in [0.3, 0.4) is 0 Å². The molecule has 0 bridgehead atoms. The predicted octanol–water partition coefficient (Wildman–Crippen LogP) is 7.71. The van der Waals surface area contributed by atoms with Gasteiger partial charge in [0.25, 0.3) is 0 Å². The van der Waals surface area contributed by atoms with Crippen LogP contribution in [0.2, 0.25) is 15.1 Å². The van der Waals surface area contributed by atoms with E-state index in [1.54, 1.807) is 6.07 Å². The molecular weight excluding hydrogens is 449 g/mol.